The quantitative estimate of drug-likeness (QED) is 0.823. The van der Waals surface area contributed by atoms with Gasteiger partial charge in [-0.25, -0.2) is 4.98 Å². The molecule has 0 saturated heterocycles. The molecule has 1 aromatic rings. The Morgan fingerprint density at radius 1 is 0.880 bits per heavy atom. The summed E-state index contributed by atoms with van der Waals surface area (Å²) in [6.45, 7) is 16.5. The number of ketones is 1. The molecule has 2 rings (SSSR count). The van der Waals surface area contributed by atoms with E-state index in [0.717, 1.165) is 0 Å². The monoisotopic (exact) mass is 351 g/mol. The molecule has 0 radical (unpaired) electrons. The van der Waals surface area contributed by atoms with Crippen LogP contribution in [0.1, 0.15) is 60.1 Å². The van der Waals surface area contributed by atoms with Crippen LogP contribution in [0, 0.1) is 13.8 Å². The van der Waals surface area contributed by atoms with Crippen LogP contribution < -0.4 is 4.74 Å². The summed E-state index contributed by atoms with van der Waals surface area (Å²) < 4.78 is 16.1. The molecule has 0 saturated carbocycles. The predicted octanol–water partition coefficient (Wildman–Crippen LogP) is 3.30. The summed E-state index contributed by atoms with van der Waals surface area (Å²) in [6.07, 6.45) is 0.109. The Balaban J connectivity index is 0.000000251. The lowest BCUT2D eigenvalue weighted by Crippen LogP contribution is -2.30. The van der Waals surface area contributed by atoms with E-state index in [1.807, 2.05) is 41.5 Å². The predicted molar refractivity (Wildman–Crippen MR) is 94.2 cm³/mol. The number of aryl methyl sites for hydroxylation is 2. The summed E-state index contributed by atoms with van der Waals surface area (Å²) in [6, 6.07) is 0.412. The Labute approximate surface area is 149 Å². The summed E-state index contributed by atoms with van der Waals surface area (Å²) in [7, 11) is 0. The molecule has 0 spiro atoms. The zero-order valence-corrected chi connectivity index (χ0v) is 16.6. The average molecular weight is 351 g/mol. The van der Waals surface area contributed by atoms with Gasteiger partial charge in [-0.15, -0.1) is 0 Å². The SMILES string of the molecule is CC1=C(OC(C)C)C(=O)C(C)(C)O1.Cc1nc(C)nc(OC(C)C)n1. The molecule has 0 aromatic carbocycles. The number of rotatable bonds is 4. The molecule has 0 amide bonds. The Hall–Kier alpha value is -2.18. The zero-order chi connectivity index (χ0) is 19.4. The topological polar surface area (TPSA) is 83.4 Å². The Morgan fingerprint density at radius 3 is 1.72 bits per heavy atom. The van der Waals surface area contributed by atoms with E-state index in [1.54, 1.807) is 20.8 Å². The number of nitrogens with zero attached hydrogens (tertiary/aromatic N) is 3. The maximum absolute atomic E-state index is 11.7. The van der Waals surface area contributed by atoms with E-state index >= 15 is 0 Å². The minimum atomic E-state index is -0.756. The van der Waals surface area contributed by atoms with E-state index in [4.69, 9.17) is 14.2 Å². The Kier molecular flexibility index (Phi) is 6.90. The fraction of sp³-hybridized carbons (Fsp3) is 0.667. The standard InChI is InChI=1S/C10H16O3.C8H13N3O/c1-6(2)12-8-7(3)13-10(4,5)9(8)11;1-5(2)12-8-10-6(3)9-7(4)11-8/h6H,1-5H3;5H,1-4H3. The molecular weight excluding hydrogens is 322 g/mol. The van der Waals surface area contributed by atoms with E-state index < -0.39 is 5.60 Å². The van der Waals surface area contributed by atoms with Crippen LogP contribution in [0.15, 0.2) is 11.5 Å². The van der Waals surface area contributed by atoms with Gasteiger partial charge in [-0.1, -0.05) is 0 Å². The smallest absolute Gasteiger partial charge is 0.320 e. The number of Topliss-reactive ketones (excluding diaryl/α,β-unsaturated/α-hetero) is 1. The van der Waals surface area contributed by atoms with E-state index in [9.17, 15) is 4.79 Å². The first-order chi connectivity index (χ1) is 11.4. The molecular formula is C18H29N3O4. The minimum Gasteiger partial charge on any atom is -0.484 e. The second-order valence-electron chi connectivity index (χ2n) is 6.87. The third-order valence-electron chi connectivity index (χ3n) is 3.01. The highest BCUT2D eigenvalue weighted by Gasteiger charge is 2.41. The van der Waals surface area contributed by atoms with Gasteiger partial charge < -0.3 is 14.2 Å². The normalized spacial score (nSPS) is 15.9. The lowest BCUT2D eigenvalue weighted by atomic mass is 10.0. The second-order valence-corrected chi connectivity index (χ2v) is 6.87. The maximum Gasteiger partial charge on any atom is 0.320 e. The van der Waals surface area contributed by atoms with Gasteiger partial charge in [0.1, 0.15) is 17.4 Å². The average Bonchev–Trinajstić information content (AvgIpc) is 2.59. The number of ether oxygens (including phenoxy) is 3. The van der Waals surface area contributed by atoms with Crippen LogP contribution in [0.5, 0.6) is 6.01 Å². The van der Waals surface area contributed by atoms with E-state index in [0.29, 0.717) is 29.2 Å². The number of hydrogen-bond donors (Lipinski definition) is 0. The molecule has 1 aliphatic rings. The van der Waals surface area contributed by atoms with Crippen LogP contribution in [0.4, 0.5) is 0 Å². The van der Waals surface area contributed by atoms with Crippen molar-refractivity contribution in [2.45, 2.75) is 80.1 Å². The van der Waals surface area contributed by atoms with Gasteiger partial charge in [0.2, 0.25) is 11.5 Å². The highest BCUT2D eigenvalue weighted by molar-refractivity contribution is 6.02. The molecule has 0 atom stereocenters. The van der Waals surface area contributed by atoms with Crippen molar-refractivity contribution in [3.63, 3.8) is 0 Å². The first-order valence-electron chi connectivity index (χ1n) is 8.39. The van der Waals surface area contributed by atoms with Gasteiger partial charge in [-0.2, -0.15) is 9.97 Å². The molecule has 7 nitrogen and oxygen atoms in total. The van der Waals surface area contributed by atoms with Gasteiger partial charge in [-0.05, 0) is 62.3 Å². The van der Waals surface area contributed by atoms with Crippen LogP contribution in [0.3, 0.4) is 0 Å². The number of carbonyl (C=O) groups excluding carboxylic acids is 1. The number of carbonyl (C=O) groups is 1. The van der Waals surface area contributed by atoms with Gasteiger partial charge in [0.25, 0.3) is 0 Å². The Morgan fingerprint density at radius 2 is 1.36 bits per heavy atom. The summed E-state index contributed by atoms with van der Waals surface area (Å²) in [5.74, 6) is 2.28. The molecule has 1 aliphatic heterocycles. The summed E-state index contributed by atoms with van der Waals surface area (Å²) >= 11 is 0. The minimum absolute atomic E-state index is 0.00593. The van der Waals surface area contributed by atoms with Crippen molar-refractivity contribution >= 4 is 5.78 Å². The van der Waals surface area contributed by atoms with Crippen molar-refractivity contribution in [3.05, 3.63) is 23.2 Å². The maximum atomic E-state index is 11.7. The highest BCUT2D eigenvalue weighted by Crippen LogP contribution is 2.30. The van der Waals surface area contributed by atoms with Crippen LogP contribution in [-0.2, 0) is 14.3 Å². The zero-order valence-electron chi connectivity index (χ0n) is 16.6. The van der Waals surface area contributed by atoms with E-state index in [2.05, 4.69) is 15.0 Å². The number of aromatic nitrogens is 3. The first-order valence-corrected chi connectivity index (χ1v) is 8.39. The highest BCUT2D eigenvalue weighted by atomic mass is 16.6. The van der Waals surface area contributed by atoms with Crippen molar-refractivity contribution in [1.82, 2.24) is 15.0 Å². The van der Waals surface area contributed by atoms with E-state index in [-0.39, 0.29) is 18.0 Å². The Bertz CT molecular complexity index is 631. The van der Waals surface area contributed by atoms with Gasteiger partial charge >= 0.3 is 6.01 Å². The summed E-state index contributed by atoms with van der Waals surface area (Å²) in [5, 5.41) is 0. The van der Waals surface area contributed by atoms with Gasteiger partial charge in [0, 0.05) is 0 Å². The molecule has 140 valence electrons. The van der Waals surface area contributed by atoms with Crippen molar-refractivity contribution in [2.24, 2.45) is 0 Å². The fourth-order valence-corrected chi connectivity index (χ4v) is 2.13. The number of hydrogen-bond acceptors (Lipinski definition) is 7. The molecule has 7 heteroatoms. The van der Waals surface area contributed by atoms with Crippen LogP contribution in [0.2, 0.25) is 0 Å². The van der Waals surface area contributed by atoms with Crippen molar-refractivity contribution in [1.29, 1.82) is 0 Å². The lowest BCUT2D eigenvalue weighted by molar-refractivity contribution is -0.130. The molecule has 0 unspecified atom stereocenters. The van der Waals surface area contributed by atoms with Crippen LogP contribution >= 0.6 is 0 Å². The lowest BCUT2D eigenvalue weighted by Gasteiger charge is -2.16. The van der Waals surface area contributed by atoms with Crippen LogP contribution in [-0.4, -0.2) is 38.5 Å². The molecule has 0 fully saturated rings. The number of allylic oxidation sites excluding steroid dienone is 1. The van der Waals surface area contributed by atoms with Gasteiger partial charge in [0.05, 0.1) is 12.2 Å². The molecule has 0 bridgehead atoms. The van der Waals surface area contributed by atoms with Crippen molar-refractivity contribution in [2.75, 3.05) is 0 Å². The molecule has 1 aromatic heterocycles. The van der Waals surface area contributed by atoms with Gasteiger partial charge in [0.15, 0.2) is 5.60 Å². The third-order valence-corrected chi connectivity index (χ3v) is 3.01. The summed E-state index contributed by atoms with van der Waals surface area (Å²) in [5.41, 5.74) is -0.756. The van der Waals surface area contributed by atoms with E-state index in [1.165, 1.54) is 0 Å². The molecule has 0 aliphatic carbocycles. The van der Waals surface area contributed by atoms with Gasteiger partial charge in [-0.3, -0.25) is 4.79 Å². The fourth-order valence-electron chi connectivity index (χ4n) is 2.13. The largest absolute Gasteiger partial charge is 0.484 e. The molecule has 2 heterocycles. The van der Waals surface area contributed by atoms with Crippen LogP contribution in [0.25, 0.3) is 0 Å². The second kappa shape index (κ2) is 8.27. The van der Waals surface area contributed by atoms with Crippen molar-refractivity contribution in [3.8, 4) is 6.01 Å². The molecule has 0 N–H and O–H groups in total. The third kappa shape index (κ3) is 6.32. The van der Waals surface area contributed by atoms with Crippen molar-refractivity contribution < 1.29 is 19.0 Å². The summed E-state index contributed by atoms with van der Waals surface area (Å²) in [4.78, 5) is 23.8. The molecule has 25 heavy (non-hydrogen) atoms. The first kappa shape index (κ1) is 20.9.